The molecule has 0 bridgehead atoms. The van der Waals surface area contributed by atoms with Gasteiger partial charge in [-0.3, -0.25) is 4.79 Å². The minimum absolute atomic E-state index is 0.0921. The van der Waals surface area contributed by atoms with Crippen LogP contribution in [-0.2, 0) is 11.2 Å². The third kappa shape index (κ3) is 3.91. The van der Waals surface area contributed by atoms with E-state index >= 15 is 0 Å². The molecule has 6 nitrogen and oxygen atoms in total. The summed E-state index contributed by atoms with van der Waals surface area (Å²) in [6.07, 6.45) is 1.67. The van der Waals surface area contributed by atoms with Gasteiger partial charge < -0.3 is 20.3 Å². The smallest absolute Gasteiger partial charge is 0.230 e. The largest absolute Gasteiger partial charge is 0.369 e. The molecule has 2 aromatic rings. The fraction of sp³-hybridized carbons (Fsp3) is 0.368. The third-order valence-corrected chi connectivity index (χ3v) is 4.18. The first-order valence-corrected chi connectivity index (χ1v) is 8.41. The summed E-state index contributed by atoms with van der Waals surface area (Å²) in [5, 5.41) is 13.4. The number of hydrogen-bond donors (Lipinski definition) is 3. The van der Waals surface area contributed by atoms with Crippen molar-refractivity contribution in [2.24, 2.45) is 10.4 Å². The average Bonchev–Trinajstić information content (AvgIpc) is 2.98. The highest BCUT2D eigenvalue weighted by atomic mass is 16.3. The fourth-order valence-electron chi connectivity index (χ4n) is 2.60. The molecule has 0 saturated carbocycles. The standard InChI is InChI=1S/C19H24N4O2/c1-19(2,3)18(25)22-15-11-14-16(21-15)20-12-23(17(14)24)10-9-13-7-5-4-6-8-13/h4-8,11-12,17,21,24H,9-10H2,1-3H3,(H,22,25). The van der Waals surface area contributed by atoms with Gasteiger partial charge in [0.1, 0.15) is 11.6 Å². The molecule has 0 fully saturated rings. The SMILES string of the molecule is CC(C)(C)C(=O)Nc1cc2c([nH]1)N=CN(CCc1ccccc1)C2O. The zero-order chi connectivity index (χ0) is 18.0. The molecule has 0 radical (unpaired) electrons. The molecule has 1 aromatic carbocycles. The Kier molecular flexibility index (Phi) is 4.63. The van der Waals surface area contributed by atoms with Gasteiger partial charge in [0.05, 0.1) is 6.34 Å². The Morgan fingerprint density at radius 2 is 2.04 bits per heavy atom. The minimum Gasteiger partial charge on any atom is -0.369 e. The predicted molar refractivity (Wildman–Crippen MR) is 98.8 cm³/mol. The fourth-order valence-corrected chi connectivity index (χ4v) is 2.60. The molecule has 1 atom stereocenters. The molecule has 3 rings (SSSR count). The molecule has 1 aliphatic rings. The molecule has 1 unspecified atom stereocenters. The van der Waals surface area contributed by atoms with Crippen LogP contribution in [0.3, 0.4) is 0 Å². The molecule has 1 aliphatic heterocycles. The Bertz CT molecular complexity index is 774. The summed E-state index contributed by atoms with van der Waals surface area (Å²) < 4.78 is 0. The maximum absolute atomic E-state index is 12.1. The number of carbonyl (C=O) groups is 1. The number of aromatic nitrogens is 1. The molecular formula is C19H24N4O2. The second kappa shape index (κ2) is 6.72. The van der Waals surface area contributed by atoms with Crippen molar-refractivity contribution in [1.29, 1.82) is 0 Å². The van der Waals surface area contributed by atoms with E-state index in [4.69, 9.17) is 0 Å². The topological polar surface area (TPSA) is 80.7 Å². The van der Waals surface area contributed by atoms with Crippen LogP contribution < -0.4 is 5.32 Å². The van der Waals surface area contributed by atoms with Crippen LogP contribution in [0.15, 0.2) is 41.4 Å². The van der Waals surface area contributed by atoms with Gasteiger partial charge in [-0.1, -0.05) is 51.1 Å². The highest BCUT2D eigenvalue weighted by Crippen LogP contribution is 2.33. The number of benzene rings is 1. The summed E-state index contributed by atoms with van der Waals surface area (Å²) in [5.74, 6) is 1.03. The summed E-state index contributed by atoms with van der Waals surface area (Å²) in [6, 6.07) is 11.9. The highest BCUT2D eigenvalue weighted by Gasteiger charge is 2.26. The van der Waals surface area contributed by atoms with Gasteiger partial charge in [-0.25, -0.2) is 4.99 Å². The summed E-state index contributed by atoms with van der Waals surface area (Å²) in [6.45, 7) is 6.21. The Labute approximate surface area is 147 Å². The van der Waals surface area contributed by atoms with E-state index in [-0.39, 0.29) is 5.91 Å². The lowest BCUT2D eigenvalue weighted by atomic mass is 9.96. The van der Waals surface area contributed by atoms with Crippen molar-refractivity contribution in [3.63, 3.8) is 0 Å². The van der Waals surface area contributed by atoms with E-state index in [1.165, 1.54) is 5.56 Å². The van der Waals surface area contributed by atoms with Crippen LogP contribution in [0.5, 0.6) is 0 Å². The van der Waals surface area contributed by atoms with Crippen molar-refractivity contribution < 1.29 is 9.90 Å². The first kappa shape index (κ1) is 17.2. The Hall–Kier alpha value is -2.60. The minimum atomic E-state index is -0.784. The van der Waals surface area contributed by atoms with Gasteiger partial charge in [-0.2, -0.15) is 0 Å². The van der Waals surface area contributed by atoms with Crippen LogP contribution >= 0.6 is 0 Å². The van der Waals surface area contributed by atoms with Crippen molar-refractivity contribution >= 4 is 23.9 Å². The average molecular weight is 340 g/mol. The van der Waals surface area contributed by atoms with Gasteiger partial charge in [0.2, 0.25) is 5.91 Å². The van der Waals surface area contributed by atoms with E-state index in [2.05, 4.69) is 27.4 Å². The van der Waals surface area contributed by atoms with E-state index in [0.29, 0.717) is 23.7 Å². The van der Waals surface area contributed by atoms with E-state index in [9.17, 15) is 9.90 Å². The Morgan fingerprint density at radius 1 is 1.32 bits per heavy atom. The molecule has 3 N–H and O–H groups in total. The monoisotopic (exact) mass is 340 g/mol. The normalized spacial score (nSPS) is 16.6. The number of nitrogens with zero attached hydrogens (tertiary/aromatic N) is 2. The summed E-state index contributed by atoms with van der Waals surface area (Å²) in [5.41, 5.74) is 1.38. The van der Waals surface area contributed by atoms with Crippen LogP contribution in [0.4, 0.5) is 11.6 Å². The van der Waals surface area contributed by atoms with Gasteiger partial charge in [0.15, 0.2) is 6.23 Å². The van der Waals surface area contributed by atoms with Crippen LogP contribution in [0, 0.1) is 5.41 Å². The number of rotatable bonds is 4. The molecule has 0 aliphatic carbocycles. The van der Waals surface area contributed by atoms with Crippen LogP contribution in [0.25, 0.3) is 0 Å². The van der Waals surface area contributed by atoms with Crippen molar-refractivity contribution in [2.75, 3.05) is 11.9 Å². The first-order valence-electron chi connectivity index (χ1n) is 8.41. The van der Waals surface area contributed by atoms with Crippen molar-refractivity contribution in [3.8, 4) is 0 Å². The van der Waals surface area contributed by atoms with E-state index in [1.54, 1.807) is 17.3 Å². The van der Waals surface area contributed by atoms with Crippen molar-refractivity contribution in [1.82, 2.24) is 9.88 Å². The van der Waals surface area contributed by atoms with Gasteiger partial charge in [-0.15, -0.1) is 0 Å². The molecule has 2 heterocycles. The molecule has 6 heteroatoms. The van der Waals surface area contributed by atoms with Crippen LogP contribution in [0.1, 0.15) is 38.1 Å². The molecule has 25 heavy (non-hydrogen) atoms. The number of fused-ring (bicyclic) bond motifs is 1. The number of aliphatic hydroxyl groups excluding tert-OH is 1. The summed E-state index contributed by atoms with van der Waals surface area (Å²) in [4.78, 5) is 21.3. The number of aliphatic hydroxyl groups is 1. The number of carbonyl (C=O) groups excluding carboxylic acids is 1. The lowest BCUT2D eigenvalue weighted by Gasteiger charge is -2.28. The third-order valence-electron chi connectivity index (χ3n) is 4.18. The Morgan fingerprint density at radius 3 is 2.72 bits per heavy atom. The number of nitrogens with one attached hydrogen (secondary N) is 2. The van der Waals surface area contributed by atoms with Crippen LogP contribution in [-0.4, -0.2) is 33.8 Å². The van der Waals surface area contributed by atoms with Crippen molar-refractivity contribution in [3.05, 3.63) is 47.5 Å². The van der Waals surface area contributed by atoms with E-state index in [1.807, 2.05) is 39.0 Å². The lowest BCUT2D eigenvalue weighted by molar-refractivity contribution is -0.123. The molecule has 132 valence electrons. The van der Waals surface area contributed by atoms with Gasteiger partial charge in [0, 0.05) is 17.5 Å². The second-order valence-corrected chi connectivity index (χ2v) is 7.28. The number of aromatic amines is 1. The lowest BCUT2D eigenvalue weighted by Crippen LogP contribution is -2.31. The van der Waals surface area contributed by atoms with Gasteiger partial charge in [-0.05, 0) is 18.1 Å². The zero-order valence-electron chi connectivity index (χ0n) is 14.8. The van der Waals surface area contributed by atoms with E-state index < -0.39 is 11.6 Å². The number of aliphatic imine (C=N–C) groups is 1. The second-order valence-electron chi connectivity index (χ2n) is 7.28. The van der Waals surface area contributed by atoms with Gasteiger partial charge >= 0.3 is 0 Å². The summed E-state index contributed by atoms with van der Waals surface area (Å²) in [7, 11) is 0. The van der Waals surface area contributed by atoms with Crippen molar-refractivity contribution in [2.45, 2.75) is 33.4 Å². The molecular weight excluding hydrogens is 316 g/mol. The molecule has 1 aromatic heterocycles. The molecule has 0 saturated heterocycles. The highest BCUT2D eigenvalue weighted by molar-refractivity contribution is 5.94. The van der Waals surface area contributed by atoms with Gasteiger partial charge in [0.25, 0.3) is 0 Å². The number of H-pyrrole nitrogens is 1. The predicted octanol–water partition coefficient (Wildman–Crippen LogP) is 3.21. The number of hydrogen-bond acceptors (Lipinski definition) is 4. The van der Waals surface area contributed by atoms with Crippen LogP contribution in [0.2, 0.25) is 0 Å². The first-order chi connectivity index (χ1) is 11.8. The Balaban J connectivity index is 1.68. The number of amides is 1. The number of anilines is 1. The summed E-state index contributed by atoms with van der Waals surface area (Å²) >= 11 is 0. The maximum atomic E-state index is 12.1. The molecule has 0 spiro atoms. The zero-order valence-corrected chi connectivity index (χ0v) is 14.8. The quantitative estimate of drug-likeness (QED) is 0.799. The molecule has 1 amide bonds. The maximum Gasteiger partial charge on any atom is 0.230 e. The van der Waals surface area contributed by atoms with E-state index in [0.717, 1.165) is 6.42 Å².